The summed E-state index contributed by atoms with van der Waals surface area (Å²) in [5.41, 5.74) is 2.79. The predicted molar refractivity (Wildman–Crippen MR) is 135 cm³/mol. The van der Waals surface area contributed by atoms with Crippen LogP contribution in [0.5, 0.6) is 0 Å². The maximum absolute atomic E-state index is 13.2. The van der Waals surface area contributed by atoms with Crippen molar-refractivity contribution in [2.75, 3.05) is 32.1 Å². The second kappa shape index (κ2) is 10.7. The summed E-state index contributed by atoms with van der Waals surface area (Å²) >= 11 is 1.52. The Kier molecular flexibility index (Phi) is 8.82. The highest BCUT2D eigenvalue weighted by molar-refractivity contribution is 7.92. The van der Waals surface area contributed by atoms with Gasteiger partial charge < -0.3 is 4.90 Å². The molecule has 0 bridgehead atoms. The Morgan fingerprint density at radius 1 is 1.06 bits per heavy atom. The third kappa shape index (κ3) is 5.86. The fourth-order valence-electron chi connectivity index (χ4n) is 3.16. The minimum Gasteiger partial charge on any atom is -0.308 e. The van der Waals surface area contributed by atoms with E-state index in [2.05, 4.69) is 0 Å². The molecule has 0 aliphatic heterocycles. The van der Waals surface area contributed by atoms with E-state index in [1.807, 2.05) is 44.1 Å². The molecule has 0 radical (unpaired) electrons. The van der Waals surface area contributed by atoms with Gasteiger partial charge >= 0.3 is 0 Å². The lowest BCUT2D eigenvalue weighted by molar-refractivity contribution is -0.118. The van der Waals surface area contributed by atoms with Crippen molar-refractivity contribution in [3.63, 3.8) is 0 Å². The molecule has 174 valence electrons. The number of carbonyl (C=O) groups excluding carboxylic acids is 1. The number of nitrogens with zero attached hydrogens (tertiary/aromatic N) is 3. The van der Waals surface area contributed by atoms with Crippen molar-refractivity contribution in [3.05, 3.63) is 53.6 Å². The number of aromatic nitrogens is 1. The zero-order valence-electron chi connectivity index (χ0n) is 19.0. The molecule has 0 spiro atoms. The van der Waals surface area contributed by atoms with Gasteiger partial charge in [0.25, 0.3) is 0 Å². The Labute approximate surface area is 200 Å². The molecule has 0 N–H and O–H groups in total. The van der Waals surface area contributed by atoms with Gasteiger partial charge in [-0.05, 0) is 64.2 Å². The van der Waals surface area contributed by atoms with Crippen molar-refractivity contribution in [1.29, 1.82) is 0 Å². The van der Waals surface area contributed by atoms with Gasteiger partial charge in [-0.15, -0.1) is 12.4 Å². The van der Waals surface area contributed by atoms with E-state index in [0.29, 0.717) is 18.2 Å². The Balaban J connectivity index is 0.00000363. The van der Waals surface area contributed by atoms with Crippen LogP contribution in [0.3, 0.4) is 0 Å². The van der Waals surface area contributed by atoms with Crippen molar-refractivity contribution < 1.29 is 13.2 Å². The molecule has 9 heteroatoms. The topological polar surface area (TPSA) is 70.6 Å². The molecule has 6 nitrogen and oxygen atoms in total. The number of halogens is 1. The molecular weight excluding hydrogens is 466 g/mol. The molecule has 0 unspecified atom stereocenters. The fraction of sp³-hybridized carbons (Fsp3) is 0.391. The summed E-state index contributed by atoms with van der Waals surface area (Å²) in [6.45, 7) is 6.59. The third-order valence-electron chi connectivity index (χ3n) is 5.14. The lowest BCUT2D eigenvalue weighted by atomic mass is 10.1. The molecule has 1 aromatic heterocycles. The summed E-state index contributed by atoms with van der Waals surface area (Å²) in [6.07, 6.45) is 0.185. The number of para-hydroxylation sites is 1. The van der Waals surface area contributed by atoms with Gasteiger partial charge in [-0.3, -0.25) is 9.69 Å². The van der Waals surface area contributed by atoms with Crippen LogP contribution in [-0.2, 0) is 21.1 Å². The van der Waals surface area contributed by atoms with Crippen molar-refractivity contribution in [3.8, 4) is 0 Å². The van der Waals surface area contributed by atoms with Gasteiger partial charge in [-0.1, -0.05) is 35.6 Å². The first kappa shape index (κ1) is 26.3. The summed E-state index contributed by atoms with van der Waals surface area (Å²) in [4.78, 5) is 22.0. The van der Waals surface area contributed by atoms with Crippen LogP contribution in [0.1, 0.15) is 25.0 Å². The van der Waals surface area contributed by atoms with E-state index in [1.54, 1.807) is 43.0 Å². The normalized spacial score (nSPS) is 11.7. The first-order valence-corrected chi connectivity index (χ1v) is 12.6. The fourth-order valence-corrected chi connectivity index (χ4v) is 5.30. The van der Waals surface area contributed by atoms with Gasteiger partial charge in [0.1, 0.15) is 0 Å². The number of likely N-dealkylation sites (N-methyl/N-ethyl adjacent to an activating group) is 1. The van der Waals surface area contributed by atoms with Crippen molar-refractivity contribution in [1.82, 2.24) is 9.88 Å². The molecule has 0 aliphatic carbocycles. The number of thiazole rings is 1. The van der Waals surface area contributed by atoms with Gasteiger partial charge in [0.15, 0.2) is 15.0 Å². The maximum atomic E-state index is 13.2. The predicted octanol–water partition coefficient (Wildman–Crippen LogP) is 4.35. The van der Waals surface area contributed by atoms with Gasteiger partial charge in [-0.2, -0.15) is 0 Å². The Morgan fingerprint density at radius 3 is 2.28 bits per heavy atom. The highest BCUT2D eigenvalue weighted by Crippen LogP contribution is 2.31. The van der Waals surface area contributed by atoms with E-state index in [9.17, 15) is 13.2 Å². The molecule has 3 aromatic rings. The minimum atomic E-state index is -3.33. The molecular formula is C23H30ClN3O3S2. The maximum Gasteiger partial charge on any atom is 0.233 e. The van der Waals surface area contributed by atoms with Crippen LogP contribution in [0, 0.1) is 6.92 Å². The Hall–Kier alpha value is -2.00. The van der Waals surface area contributed by atoms with Crippen molar-refractivity contribution in [2.24, 2.45) is 0 Å². The van der Waals surface area contributed by atoms with E-state index < -0.39 is 15.1 Å². The molecule has 0 saturated heterocycles. The number of hydrogen-bond donors (Lipinski definition) is 0. The summed E-state index contributed by atoms with van der Waals surface area (Å²) in [7, 11) is 0.615. The van der Waals surface area contributed by atoms with E-state index in [1.165, 1.54) is 11.3 Å². The highest BCUT2D eigenvalue weighted by Gasteiger charge is 2.22. The summed E-state index contributed by atoms with van der Waals surface area (Å²) in [5.74, 6) is -0.0574. The molecule has 1 amide bonds. The monoisotopic (exact) mass is 495 g/mol. The lowest BCUT2D eigenvalue weighted by Gasteiger charge is -2.22. The average Bonchev–Trinajstić information content (AvgIpc) is 3.13. The zero-order valence-corrected chi connectivity index (χ0v) is 21.5. The molecule has 0 saturated carbocycles. The molecule has 32 heavy (non-hydrogen) atoms. The number of sulfone groups is 1. The standard InChI is InChI=1S/C23H29N3O3S2.ClH/c1-16(2)31(28,29)19-11-9-18(10-12-19)15-21(27)26(14-13-25(4)5)23-24-22-17(3)7-6-8-20(22)30-23;/h6-12,16H,13-15H2,1-5H3;1H. The second-order valence-electron chi connectivity index (χ2n) is 8.18. The number of aryl methyl sites for hydroxylation is 1. The first-order valence-electron chi connectivity index (χ1n) is 10.2. The molecule has 0 fully saturated rings. The summed E-state index contributed by atoms with van der Waals surface area (Å²) in [5, 5.41) is 0.208. The smallest absolute Gasteiger partial charge is 0.233 e. The molecule has 3 rings (SSSR count). The number of rotatable bonds is 8. The summed E-state index contributed by atoms with van der Waals surface area (Å²) in [6, 6.07) is 12.7. The van der Waals surface area contributed by atoms with Crippen molar-refractivity contribution >= 4 is 54.8 Å². The van der Waals surface area contributed by atoms with Crippen LogP contribution in [-0.4, -0.2) is 56.6 Å². The average molecular weight is 496 g/mol. The Morgan fingerprint density at radius 2 is 1.72 bits per heavy atom. The molecule has 0 atom stereocenters. The van der Waals surface area contributed by atoms with Crippen LogP contribution >= 0.6 is 23.7 Å². The molecule has 2 aromatic carbocycles. The third-order valence-corrected chi connectivity index (χ3v) is 8.35. The number of fused-ring (bicyclic) bond motifs is 1. The second-order valence-corrected chi connectivity index (χ2v) is 11.7. The Bertz CT molecular complexity index is 1170. The number of carbonyl (C=O) groups is 1. The van der Waals surface area contributed by atoms with Crippen LogP contribution < -0.4 is 4.90 Å². The molecule has 1 heterocycles. The number of anilines is 1. The number of benzene rings is 2. The first-order chi connectivity index (χ1) is 14.6. The van der Waals surface area contributed by atoms with Crippen LogP contribution in [0.15, 0.2) is 47.4 Å². The lowest BCUT2D eigenvalue weighted by Crippen LogP contribution is -2.37. The number of hydrogen-bond acceptors (Lipinski definition) is 6. The van der Waals surface area contributed by atoms with Gasteiger partial charge in [0.05, 0.1) is 26.8 Å². The molecule has 0 aliphatic rings. The largest absolute Gasteiger partial charge is 0.308 e. The quantitative estimate of drug-likeness (QED) is 0.464. The van der Waals surface area contributed by atoms with E-state index in [0.717, 1.165) is 21.3 Å². The van der Waals surface area contributed by atoms with Crippen LogP contribution in [0.25, 0.3) is 10.2 Å². The minimum absolute atomic E-state index is 0. The van der Waals surface area contributed by atoms with Gasteiger partial charge in [0.2, 0.25) is 5.91 Å². The highest BCUT2D eigenvalue weighted by atomic mass is 35.5. The van der Waals surface area contributed by atoms with Crippen molar-refractivity contribution in [2.45, 2.75) is 37.3 Å². The van der Waals surface area contributed by atoms with Crippen LogP contribution in [0.2, 0.25) is 0 Å². The van der Waals surface area contributed by atoms with Gasteiger partial charge in [0, 0.05) is 13.1 Å². The van der Waals surface area contributed by atoms with E-state index >= 15 is 0 Å². The van der Waals surface area contributed by atoms with Gasteiger partial charge in [-0.25, -0.2) is 13.4 Å². The van der Waals surface area contributed by atoms with E-state index in [4.69, 9.17) is 4.98 Å². The van der Waals surface area contributed by atoms with Crippen LogP contribution in [0.4, 0.5) is 5.13 Å². The zero-order chi connectivity index (χ0) is 22.8. The summed E-state index contributed by atoms with van der Waals surface area (Å²) < 4.78 is 25.7. The van der Waals surface area contributed by atoms with E-state index in [-0.39, 0.29) is 29.6 Å². The number of amides is 1. The SMILES string of the molecule is Cc1cccc2sc(N(CCN(C)C)C(=O)Cc3ccc(S(=O)(=O)C(C)C)cc3)nc12.Cl.